The third-order valence-electron chi connectivity index (χ3n) is 3.45. The third kappa shape index (κ3) is 1.80. The van der Waals surface area contributed by atoms with Gasteiger partial charge in [-0.25, -0.2) is 0 Å². The average Bonchev–Trinajstić information content (AvgIpc) is 2.60. The van der Waals surface area contributed by atoms with Crippen molar-refractivity contribution in [3.63, 3.8) is 0 Å². The molecule has 2 rings (SSSR count). The molecule has 15 heavy (non-hydrogen) atoms. The Kier molecular flexibility index (Phi) is 3.08. The molecular weight excluding hydrogens is 186 g/mol. The molecule has 0 saturated heterocycles. The molecule has 2 heteroatoms. The normalized spacial score (nSPS) is 24.5. The Bertz CT molecular complexity index is 333. The summed E-state index contributed by atoms with van der Waals surface area (Å²) in [5.74, 6) is 0. The Balaban J connectivity index is 2.22. The second-order valence-corrected chi connectivity index (χ2v) is 4.14. The molecular formula is C13H19NO. The van der Waals surface area contributed by atoms with Gasteiger partial charge in [0.1, 0.15) is 0 Å². The second-order valence-electron chi connectivity index (χ2n) is 4.14. The van der Waals surface area contributed by atoms with Crippen molar-refractivity contribution in [3.05, 3.63) is 35.4 Å². The Morgan fingerprint density at radius 2 is 1.93 bits per heavy atom. The topological polar surface area (TPSA) is 23.5 Å². The van der Waals surface area contributed by atoms with Crippen molar-refractivity contribution in [1.82, 2.24) is 4.90 Å². The van der Waals surface area contributed by atoms with Gasteiger partial charge in [-0.3, -0.25) is 4.90 Å². The lowest BCUT2D eigenvalue weighted by molar-refractivity contribution is 0.0669. The molecule has 0 unspecified atom stereocenters. The lowest BCUT2D eigenvalue weighted by atomic mass is 10.1. The zero-order valence-electron chi connectivity index (χ0n) is 9.48. The van der Waals surface area contributed by atoms with Crippen LogP contribution in [0.3, 0.4) is 0 Å². The Morgan fingerprint density at radius 3 is 2.53 bits per heavy atom. The average molecular weight is 205 g/mol. The van der Waals surface area contributed by atoms with E-state index in [0.29, 0.717) is 0 Å². The number of rotatable bonds is 3. The molecule has 1 aliphatic carbocycles. The summed E-state index contributed by atoms with van der Waals surface area (Å²) < 4.78 is 0. The van der Waals surface area contributed by atoms with Crippen molar-refractivity contribution in [1.29, 1.82) is 0 Å². The molecule has 0 heterocycles. The van der Waals surface area contributed by atoms with Crippen molar-refractivity contribution in [3.8, 4) is 0 Å². The zero-order chi connectivity index (χ0) is 10.8. The number of aliphatic hydroxyl groups is 1. The first kappa shape index (κ1) is 10.7. The highest BCUT2D eigenvalue weighted by Gasteiger charge is 2.33. The van der Waals surface area contributed by atoms with Crippen LogP contribution in [0.5, 0.6) is 0 Å². The van der Waals surface area contributed by atoms with Gasteiger partial charge in [-0.05, 0) is 30.6 Å². The van der Waals surface area contributed by atoms with Crippen LogP contribution in [0.25, 0.3) is 0 Å². The number of hydrogen-bond acceptors (Lipinski definition) is 2. The van der Waals surface area contributed by atoms with Gasteiger partial charge in [0.2, 0.25) is 0 Å². The van der Waals surface area contributed by atoms with Crippen molar-refractivity contribution in [2.75, 3.05) is 13.1 Å². The van der Waals surface area contributed by atoms with Crippen LogP contribution in [-0.4, -0.2) is 29.1 Å². The summed E-state index contributed by atoms with van der Waals surface area (Å²) in [7, 11) is 0. The van der Waals surface area contributed by atoms with Crippen LogP contribution in [0.15, 0.2) is 24.3 Å². The number of fused-ring (bicyclic) bond motifs is 1. The highest BCUT2D eigenvalue weighted by molar-refractivity contribution is 5.35. The number of hydrogen-bond donors (Lipinski definition) is 1. The minimum absolute atomic E-state index is 0.275. The summed E-state index contributed by atoms with van der Waals surface area (Å²) in [6.07, 6.45) is 0.681. The van der Waals surface area contributed by atoms with Crippen LogP contribution in [0.4, 0.5) is 0 Å². The molecule has 1 N–H and O–H groups in total. The fourth-order valence-electron chi connectivity index (χ4n) is 2.57. The summed E-state index contributed by atoms with van der Waals surface area (Å²) in [6.45, 7) is 6.32. The zero-order valence-corrected chi connectivity index (χ0v) is 9.48. The highest BCUT2D eigenvalue weighted by Crippen LogP contribution is 2.33. The van der Waals surface area contributed by atoms with Crippen LogP contribution in [0.2, 0.25) is 0 Å². The van der Waals surface area contributed by atoms with E-state index in [4.69, 9.17) is 0 Å². The van der Waals surface area contributed by atoms with Gasteiger partial charge >= 0.3 is 0 Å². The Morgan fingerprint density at radius 1 is 1.27 bits per heavy atom. The van der Waals surface area contributed by atoms with Crippen LogP contribution in [0.1, 0.15) is 31.1 Å². The van der Waals surface area contributed by atoms with Crippen molar-refractivity contribution in [2.24, 2.45) is 0 Å². The maximum atomic E-state index is 10.2. The van der Waals surface area contributed by atoms with Gasteiger partial charge in [-0.1, -0.05) is 38.1 Å². The third-order valence-corrected chi connectivity index (χ3v) is 3.45. The molecule has 0 amide bonds. The minimum atomic E-state index is -0.305. The Hall–Kier alpha value is -0.860. The molecule has 0 fully saturated rings. The molecule has 2 atom stereocenters. The maximum absolute atomic E-state index is 10.2. The van der Waals surface area contributed by atoms with Crippen molar-refractivity contribution in [2.45, 2.75) is 32.4 Å². The van der Waals surface area contributed by atoms with Crippen LogP contribution < -0.4 is 0 Å². The fraction of sp³-hybridized carbons (Fsp3) is 0.538. The van der Waals surface area contributed by atoms with E-state index in [9.17, 15) is 5.11 Å². The van der Waals surface area contributed by atoms with Gasteiger partial charge in [-0.15, -0.1) is 0 Å². The number of nitrogens with zero attached hydrogens (tertiary/aromatic N) is 1. The first-order valence-electron chi connectivity index (χ1n) is 5.77. The molecule has 1 aromatic carbocycles. The van der Waals surface area contributed by atoms with E-state index < -0.39 is 0 Å². The molecule has 0 radical (unpaired) electrons. The van der Waals surface area contributed by atoms with Gasteiger partial charge in [0.25, 0.3) is 0 Å². The molecule has 0 aromatic heterocycles. The smallest absolute Gasteiger partial charge is 0.0951 e. The van der Waals surface area contributed by atoms with Crippen LogP contribution in [0, 0.1) is 0 Å². The number of benzene rings is 1. The molecule has 1 aliphatic rings. The largest absolute Gasteiger partial charge is 0.387 e. The fourth-order valence-corrected chi connectivity index (χ4v) is 2.57. The lowest BCUT2D eigenvalue weighted by Crippen LogP contribution is -2.37. The summed E-state index contributed by atoms with van der Waals surface area (Å²) in [5, 5.41) is 10.2. The first-order chi connectivity index (χ1) is 7.27. The van der Waals surface area contributed by atoms with E-state index in [1.165, 1.54) is 5.56 Å². The Labute approximate surface area is 91.5 Å². The van der Waals surface area contributed by atoms with Crippen molar-refractivity contribution < 1.29 is 5.11 Å². The van der Waals surface area contributed by atoms with Crippen molar-refractivity contribution >= 4 is 0 Å². The summed E-state index contributed by atoms with van der Waals surface area (Å²) in [4.78, 5) is 2.34. The van der Waals surface area contributed by atoms with E-state index in [1.54, 1.807) is 0 Å². The van der Waals surface area contributed by atoms with Gasteiger partial charge < -0.3 is 5.11 Å². The maximum Gasteiger partial charge on any atom is 0.0951 e. The monoisotopic (exact) mass is 205 g/mol. The van der Waals surface area contributed by atoms with E-state index in [2.05, 4.69) is 30.9 Å². The predicted octanol–water partition coefficient (Wildman–Crippen LogP) is 1.99. The molecule has 2 nitrogen and oxygen atoms in total. The van der Waals surface area contributed by atoms with Gasteiger partial charge in [0.15, 0.2) is 0 Å². The van der Waals surface area contributed by atoms with E-state index in [0.717, 1.165) is 25.1 Å². The summed E-state index contributed by atoms with van der Waals surface area (Å²) in [5.41, 5.74) is 2.43. The van der Waals surface area contributed by atoms with E-state index >= 15 is 0 Å². The highest BCUT2D eigenvalue weighted by atomic mass is 16.3. The van der Waals surface area contributed by atoms with Crippen LogP contribution >= 0.6 is 0 Å². The quantitative estimate of drug-likeness (QED) is 0.815. The first-order valence-corrected chi connectivity index (χ1v) is 5.77. The molecule has 0 bridgehead atoms. The summed E-state index contributed by atoms with van der Waals surface area (Å²) >= 11 is 0. The minimum Gasteiger partial charge on any atom is -0.387 e. The van der Waals surface area contributed by atoms with Gasteiger partial charge in [0.05, 0.1) is 6.10 Å². The molecule has 0 spiro atoms. The predicted molar refractivity (Wildman–Crippen MR) is 61.8 cm³/mol. The number of likely N-dealkylation sites (N-methyl/N-ethyl adjacent to an activating group) is 1. The number of aliphatic hydroxyl groups excluding tert-OH is 1. The van der Waals surface area contributed by atoms with Gasteiger partial charge in [0, 0.05) is 6.04 Å². The molecule has 0 saturated carbocycles. The lowest BCUT2D eigenvalue weighted by Gasteiger charge is -2.28. The second kappa shape index (κ2) is 4.33. The molecule has 1 aromatic rings. The SMILES string of the molecule is CCN(CC)[C@@H]1Cc2ccccc2[C@@H]1O. The van der Waals surface area contributed by atoms with Crippen LogP contribution in [-0.2, 0) is 6.42 Å². The molecule has 82 valence electrons. The molecule has 0 aliphatic heterocycles. The standard InChI is InChI=1S/C13H19NO/c1-3-14(4-2)12-9-10-7-5-6-8-11(10)13(12)15/h5-8,12-13,15H,3-4,9H2,1-2H3/t12-,13+/m1/s1. The van der Waals surface area contributed by atoms with E-state index in [1.807, 2.05) is 12.1 Å². The van der Waals surface area contributed by atoms with Gasteiger partial charge in [-0.2, -0.15) is 0 Å². The summed E-state index contributed by atoms with van der Waals surface area (Å²) in [6, 6.07) is 8.51. The van der Waals surface area contributed by atoms with E-state index in [-0.39, 0.29) is 12.1 Å².